The molecule has 4 rings (SSSR count). The summed E-state index contributed by atoms with van der Waals surface area (Å²) >= 11 is 0. The summed E-state index contributed by atoms with van der Waals surface area (Å²) in [5.41, 5.74) is 9.63. The first-order valence-corrected chi connectivity index (χ1v) is 13.9. The van der Waals surface area contributed by atoms with Crippen LogP contribution in [-0.4, -0.2) is 55.3 Å². The van der Waals surface area contributed by atoms with E-state index in [-0.39, 0.29) is 0 Å². The molecule has 0 spiro atoms. The fourth-order valence-electron chi connectivity index (χ4n) is 5.66. The predicted octanol–water partition coefficient (Wildman–Crippen LogP) is 0.441. The first kappa shape index (κ1) is 27.9. The molecule has 9 nitrogen and oxygen atoms in total. The van der Waals surface area contributed by atoms with Gasteiger partial charge in [0.25, 0.3) is 0 Å². The number of guanidine groups is 2. The third-order valence-corrected chi connectivity index (χ3v) is 7.41. The first-order valence-electron chi connectivity index (χ1n) is 13.9. The molecule has 204 valence electrons. The molecule has 2 aliphatic rings. The number of hydrogen-bond acceptors (Lipinski definition) is 9. The number of hydrogen-bond donors (Lipinski definition) is 7. The number of benzene rings is 2. The van der Waals surface area contributed by atoms with Crippen LogP contribution in [-0.2, 0) is 45.4 Å². The van der Waals surface area contributed by atoms with Gasteiger partial charge in [-0.25, -0.2) is 0 Å². The van der Waals surface area contributed by atoms with E-state index in [0.717, 1.165) is 76.0 Å². The van der Waals surface area contributed by atoms with Crippen molar-refractivity contribution in [2.45, 2.75) is 66.2 Å². The van der Waals surface area contributed by atoms with Gasteiger partial charge in [-0.1, -0.05) is 45.0 Å². The van der Waals surface area contributed by atoms with Gasteiger partial charge in [0, 0.05) is 39.3 Å². The molecule has 0 amide bonds. The fourth-order valence-corrected chi connectivity index (χ4v) is 5.66. The smallest absolute Gasteiger partial charge is 0.423 e. The molecule has 2 heterocycles. The molecule has 0 bridgehead atoms. The van der Waals surface area contributed by atoms with Crippen molar-refractivity contribution in [1.82, 2.24) is 26.6 Å². The largest absolute Gasteiger partial charge is 0.488 e. The molecule has 10 heteroatoms. The van der Waals surface area contributed by atoms with Gasteiger partial charge in [0.1, 0.15) is 0 Å². The van der Waals surface area contributed by atoms with Crippen LogP contribution in [0.3, 0.4) is 0 Å². The lowest BCUT2D eigenvalue weighted by molar-refractivity contribution is 0.425. The van der Waals surface area contributed by atoms with E-state index in [9.17, 15) is 10.0 Å². The molecule has 2 aromatic rings. The van der Waals surface area contributed by atoms with Crippen LogP contribution >= 0.6 is 0 Å². The van der Waals surface area contributed by atoms with Crippen LogP contribution in [0.25, 0.3) is 0 Å². The third kappa shape index (κ3) is 6.49. The summed E-state index contributed by atoms with van der Waals surface area (Å²) in [4.78, 5) is 9.08. The number of aliphatic imine (C=N–C) groups is 2. The van der Waals surface area contributed by atoms with Gasteiger partial charge in [0.15, 0.2) is 11.9 Å². The number of rotatable bonds is 12. The Morgan fingerprint density at radius 3 is 1.66 bits per heavy atom. The van der Waals surface area contributed by atoms with E-state index in [1.165, 1.54) is 33.4 Å². The summed E-state index contributed by atoms with van der Waals surface area (Å²) < 4.78 is 0. The van der Waals surface area contributed by atoms with E-state index in [1.807, 2.05) is 18.2 Å². The van der Waals surface area contributed by atoms with Crippen molar-refractivity contribution in [1.29, 1.82) is 0 Å². The second-order valence-corrected chi connectivity index (χ2v) is 9.63. The Hall–Kier alpha value is -3.08. The molecule has 0 radical (unpaired) electrons. The highest BCUT2D eigenvalue weighted by Gasteiger charge is 2.22. The zero-order valence-electron chi connectivity index (χ0n) is 23.0. The molecule has 0 saturated heterocycles. The van der Waals surface area contributed by atoms with Crippen molar-refractivity contribution >= 4 is 24.5 Å². The van der Waals surface area contributed by atoms with Crippen LogP contribution in [0.2, 0.25) is 0 Å². The SMILES string of the molecule is CCc1c(CNCc2ccccc2B(O)O)c(CC)c(CNC2=NCCN2)c(CC)c1CNC1=NCCN1. The standard InChI is InChI=1S/C28H42BN7O2/c1-4-20-23(16-30-15-19-9-7-8-10-26(19)29(37)38)21(5-2)25(18-36-28-33-13-14-34-28)22(6-3)24(20)17-35-27-31-11-12-32-27/h7-10,30,37-38H,4-6,11-18H2,1-3H3,(H2,31,32,35)(H2,33,34,36). The van der Waals surface area contributed by atoms with Crippen molar-refractivity contribution in [3.63, 3.8) is 0 Å². The lowest BCUT2D eigenvalue weighted by Crippen LogP contribution is -2.36. The minimum absolute atomic E-state index is 0.539. The van der Waals surface area contributed by atoms with Crippen molar-refractivity contribution in [2.75, 3.05) is 26.2 Å². The van der Waals surface area contributed by atoms with Gasteiger partial charge in [-0.15, -0.1) is 0 Å². The molecular formula is C28H42BN7O2. The van der Waals surface area contributed by atoms with E-state index in [4.69, 9.17) is 0 Å². The maximum atomic E-state index is 9.80. The maximum absolute atomic E-state index is 9.80. The number of nitrogens with one attached hydrogen (secondary N) is 5. The highest BCUT2D eigenvalue weighted by Crippen LogP contribution is 2.31. The average molecular weight is 520 g/mol. The van der Waals surface area contributed by atoms with Gasteiger partial charge < -0.3 is 36.6 Å². The molecule has 0 aliphatic carbocycles. The highest BCUT2D eigenvalue weighted by molar-refractivity contribution is 6.59. The van der Waals surface area contributed by atoms with Gasteiger partial charge in [0.05, 0.1) is 13.1 Å². The minimum Gasteiger partial charge on any atom is -0.423 e. The Morgan fingerprint density at radius 1 is 0.711 bits per heavy atom. The Kier molecular flexibility index (Phi) is 10.0. The van der Waals surface area contributed by atoms with Gasteiger partial charge in [-0.05, 0) is 63.7 Å². The molecule has 0 saturated carbocycles. The van der Waals surface area contributed by atoms with Crippen LogP contribution in [0.5, 0.6) is 0 Å². The van der Waals surface area contributed by atoms with E-state index < -0.39 is 7.12 Å². The van der Waals surface area contributed by atoms with Crippen LogP contribution in [0.1, 0.15) is 59.7 Å². The Morgan fingerprint density at radius 2 is 1.21 bits per heavy atom. The van der Waals surface area contributed by atoms with E-state index in [1.54, 1.807) is 6.07 Å². The van der Waals surface area contributed by atoms with Crippen molar-refractivity contribution in [3.8, 4) is 0 Å². The lowest BCUT2D eigenvalue weighted by Gasteiger charge is -2.27. The second kappa shape index (κ2) is 13.6. The Balaban J connectivity index is 1.68. The molecular weight excluding hydrogens is 477 g/mol. The zero-order valence-corrected chi connectivity index (χ0v) is 23.0. The summed E-state index contributed by atoms with van der Waals surface area (Å²) in [7, 11) is -1.48. The van der Waals surface area contributed by atoms with Crippen LogP contribution in [0.15, 0.2) is 34.3 Å². The minimum atomic E-state index is -1.48. The molecule has 2 aliphatic heterocycles. The normalized spacial score (nSPS) is 14.6. The van der Waals surface area contributed by atoms with Crippen molar-refractivity contribution < 1.29 is 10.0 Å². The fraction of sp³-hybridized carbons (Fsp3) is 0.500. The highest BCUT2D eigenvalue weighted by atomic mass is 16.4. The Bertz CT molecular complexity index is 1110. The topological polar surface area (TPSA) is 125 Å². The summed E-state index contributed by atoms with van der Waals surface area (Å²) in [5.74, 6) is 1.74. The Labute approximate surface area is 226 Å². The first-order chi connectivity index (χ1) is 18.6. The number of nitrogens with zero attached hydrogens (tertiary/aromatic N) is 2. The summed E-state index contributed by atoms with van der Waals surface area (Å²) in [6.45, 7) is 12.8. The molecule has 7 N–H and O–H groups in total. The van der Waals surface area contributed by atoms with Crippen LogP contribution in [0.4, 0.5) is 0 Å². The van der Waals surface area contributed by atoms with E-state index in [0.29, 0.717) is 18.6 Å². The van der Waals surface area contributed by atoms with E-state index >= 15 is 0 Å². The monoisotopic (exact) mass is 519 g/mol. The molecule has 0 fully saturated rings. The van der Waals surface area contributed by atoms with Crippen molar-refractivity contribution in [3.05, 3.63) is 63.2 Å². The molecule has 2 aromatic carbocycles. The molecule has 0 atom stereocenters. The molecule has 0 unspecified atom stereocenters. The van der Waals surface area contributed by atoms with Crippen LogP contribution in [0, 0.1) is 0 Å². The van der Waals surface area contributed by atoms with Crippen molar-refractivity contribution in [2.24, 2.45) is 9.98 Å². The molecule has 0 aromatic heterocycles. The maximum Gasteiger partial charge on any atom is 0.488 e. The third-order valence-electron chi connectivity index (χ3n) is 7.41. The summed E-state index contributed by atoms with van der Waals surface area (Å²) in [5, 5.41) is 37.0. The lowest BCUT2D eigenvalue weighted by atomic mass is 9.77. The summed E-state index contributed by atoms with van der Waals surface area (Å²) in [6, 6.07) is 7.47. The zero-order chi connectivity index (χ0) is 26.9. The quantitative estimate of drug-likeness (QED) is 0.203. The van der Waals surface area contributed by atoms with Gasteiger partial charge in [0.2, 0.25) is 0 Å². The van der Waals surface area contributed by atoms with Gasteiger partial charge in [-0.3, -0.25) is 9.98 Å². The van der Waals surface area contributed by atoms with Crippen LogP contribution < -0.4 is 32.0 Å². The van der Waals surface area contributed by atoms with E-state index in [2.05, 4.69) is 57.3 Å². The average Bonchev–Trinajstić information content (AvgIpc) is 3.65. The van der Waals surface area contributed by atoms with Gasteiger partial charge in [-0.2, -0.15) is 0 Å². The summed E-state index contributed by atoms with van der Waals surface area (Å²) in [6.07, 6.45) is 2.81. The predicted molar refractivity (Wildman–Crippen MR) is 156 cm³/mol. The second-order valence-electron chi connectivity index (χ2n) is 9.63. The molecule has 38 heavy (non-hydrogen) atoms. The van der Waals surface area contributed by atoms with Gasteiger partial charge >= 0.3 is 7.12 Å².